The number of carbonyl (C=O) groups excluding carboxylic acids is 1. The van der Waals surface area contributed by atoms with Crippen LogP contribution in [0.1, 0.15) is 18.2 Å². The van der Waals surface area contributed by atoms with Crippen LogP contribution in [0.15, 0.2) is 48.8 Å². The van der Waals surface area contributed by atoms with Gasteiger partial charge in [0.25, 0.3) is 0 Å². The number of nitrogen functional groups attached to an aromatic ring is 1. The first-order chi connectivity index (χ1) is 15.4. The average Bonchev–Trinajstić information content (AvgIpc) is 3.34. The minimum Gasteiger partial charge on any atom is -0.463 e. The van der Waals surface area contributed by atoms with Crippen LogP contribution < -0.4 is 5.73 Å². The molecule has 32 heavy (non-hydrogen) atoms. The monoisotopic (exact) mass is 437 g/mol. The van der Waals surface area contributed by atoms with Gasteiger partial charge in [0, 0.05) is 0 Å². The van der Waals surface area contributed by atoms with E-state index in [2.05, 4.69) is 10.1 Å². The van der Waals surface area contributed by atoms with Crippen LogP contribution in [0.4, 0.5) is 5.82 Å². The van der Waals surface area contributed by atoms with Gasteiger partial charge in [0.1, 0.15) is 42.8 Å². The van der Waals surface area contributed by atoms with Crippen molar-refractivity contribution in [2.75, 3.05) is 12.3 Å². The summed E-state index contributed by atoms with van der Waals surface area (Å²) in [4.78, 5) is 16.3. The van der Waals surface area contributed by atoms with Crippen LogP contribution in [-0.2, 0) is 26.3 Å². The molecular formula is C22H23N5O5. The van der Waals surface area contributed by atoms with Gasteiger partial charge in [0.2, 0.25) is 5.60 Å². The van der Waals surface area contributed by atoms with Gasteiger partial charge in [-0.3, -0.25) is 4.79 Å². The first kappa shape index (κ1) is 21.7. The second-order valence-corrected chi connectivity index (χ2v) is 7.82. The van der Waals surface area contributed by atoms with Gasteiger partial charge in [-0.05, 0) is 24.1 Å². The maximum atomic E-state index is 12.4. The SMILES string of the molecule is C[C@H](Cc1ccccc1)C(=O)OC[C@H]1O[C@@](C#N)(c2ccc3c(N)ncnn23)[C@H](O)[C@@H]1O. The predicted molar refractivity (Wildman–Crippen MR) is 112 cm³/mol. The third kappa shape index (κ3) is 3.67. The van der Waals surface area contributed by atoms with Gasteiger partial charge in [-0.2, -0.15) is 10.4 Å². The molecule has 10 nitrogen and oxygen atoms in total. The Kier molecular flexibility index (Phi) is 5.80. The molecule has 3 heterocycles. The van der Waals surface area contributed by atoms with Crippen molar-refractivity contribution in [1.29, 1.82) is 5.26 Å². The largest absolute Gasteiger partial charge is 0.463 e. The number of benzene rings is 1. The quantitative estimate of drug-likeness (QED) is 0.469. The molecule has 3 aromatic rings. The van der Waals surface area contributed by atoms with E-state index < -0.39 is 35.8 Å². The maximum absolute atomic E-state index is 12.4. The smallest absolute Gasteiger partial charge is 0.309 e. The minimum absolute atomic E-state index is 0.182. The lowest BCUT2D eigenvalue weighted by Crippen LogP contribution is -2.41. The standard InChI is InChI=1S/C22H23N5O5/c1-13(9-14-5-3-2-4-6-14)21(30)31-10-16-18(28)19(29)22(11-23,32-16)17-8-7-15-20(24)25-12-26-27(15)17/h2-8,12-13,16,18-19,28-29H,9-10H2,1H3,(H2,24,25,26)/t13-,16-,18-,19-,22+/m1/s1. The van der Waals surface area contributed by atoms with Gasteiger partial charge in [-0.1, -0.05) is 37.3 Å². The first-order valence-electron chi connectivity index (χ1n) is 10.1. The van der Waals surface area contributed by atoms with Crippen molar-refractivity contribution in [2.45, 2.75) is 37.3 Å². The van der Waals surface area contributed by atoms with E-state index in [4.69, 9.17) is 15.2 Å². The molecule has 0 saturated carbocycles. The van der Waals surface area contributed by atoms with Crippen LogP contribution in [0.5, 0.6) is 0 Å². The molecule has 166 valence electrons. The zero-order chi connectivity index (χ0) is 22.9. The summed E-state index contributed by atoms with van der Waals surface area (Å²) in [5.41, 5.74) is 5.51. The highest BCUT2D eigenvalue weighted by atomic mass is 16.6. The Labute approximate surface area is 183 Å². The molecule has 0 aliphatic carbocycles. The molecular weight excluding hydrogens is 414 g/mol. The Balaban J connectivity index is 1.49. The molecule has 10 heteroatoms. The molecule has 4 N–H and O–H groups in total. The number of nitrogens with zero attached hydrogens (tertiary/aromatic N) is 4. The highest BCUT2D eigenvalue weighted by molar-refractivity contribution is 5.72. The summed E-state index contributed by atoms with van der Waals surface area (Å²) in [6.07, 6.45) is -2.47. The number of nitrogens with two attached hydrogens (primary N) is 1. The molecule has 0 amide bonds. The van der Waals surface area contributed by atoms with Gasteiger partial charge < -0.3 is 25.4 Å². The van der Waals surface area contributed by atoms with E-state index in [9.17, 15) is 20.3 Å². The summed E-state index contributed by atoms with van der Waals surface area (Å²) >= 11 is 0. The molecule has 5 atom stereocenters. The molecule has 0 bridgehead atoms. The van der Waals surface area contributed by atoms with Crippen LogP contribution in [-0.4, -0.2) is 55.7 Å². The number of hydrogen-bond acceptors (Lipinski definition) is 9. The van der Waals surface area contributed by atoms with E-state index in [1.165, 1.54) is 16.9 Å². The summed E-state index contributed by atoms with van der Waals surface area (Å²) in [6.45, 7) is 1.42. The molecule has 0 unspecified atom stereocenters. The first-order valence-corrected chi connectivity index (χ1v) is 10.1. The topological polar surface area (TPSA) is 156 Å². The Morgan fingerprint density at radius 2 is 2.09 bits per heavy atom. The second-order valence-electron chi connectivity index (χ2n) is 7.82. The normalized spacial score (nSPS) is 26.0. The van der Waals surface area contributed by atoms with Gasteiger partial charge >= 0.3 is 5.97 Å². The number of ether oxygens (including phenoxy) is 2. The number of esters is 1. The summed E-state index contributed by atoms with van der Waals surface area (Å²) in [5.74, 6) is -0.705. The lowest BCUT2D eigenvalue weighted by Gasteiger charge is -2.24. The Hall–Kier alpha value is -3.52. The zero-order valence-corrected chi connectivity index (χ0v) is 17.3. The van der Waals surface area contributed by atoms with E-state index in [0.717, 1.165) is 5.56 Å². The lowest BCUT2D eigenvalue weighted by molar-refractivity contribution is -0.154. The number of carbonyl (C=O) groups is 1. The minimum atomic E-state index is -1.93. The molecule has 1 fully saturated rings. The van der Waals surface area contributed by atoms with Gasteiger partial charge in [-0.15, -0.1) is 0 Å². The number of aliphatic hydroxyl groups excluding tert-OH is 2. The van der Waals surface area contributed by atoms with E-state index in [1.807, 2.05) is 36.4 Å². The number of rotatable bonds is 6. The molecule has 1 aliphatic rings. The Morgan fingerprint density at radius 1 is 1.34 bits per heavy atom. The molecule has 1 aromatic carbocycles. The van der Waals surface area contributed by atoms with Crippen LogP contribution in [0.3, 0.4) is 0 Å². The molecule has 2 aromatic heterocycles. The van der Waals surface area contributed by atoms with Gasteiger partial charge in [0.15, 0.2) is 5.82 Å². The zero-order valence-electron chi connectivity index (χ0n) is 17.3. The predicted octanol–water partition coefficient (Wildman–Crippen LogP) is 0.573. The number of hydrogen-bond donors (Lipinski definition) is 3. The fourth-order valence-electron chi connectivity index (χ4n) is 3.91. The highest BCUT2D eigenvalue weighted by Crippen LogP contribution is 2.40. The lowest BCUT2D eigenvalue weighted by atomic mass is 9.92. The van der Waals surface area contributed by atoms with Crippen molar-refractivity contribution in [2.24, 2.45) is 5.92 Å². The number of fused-ring (bicyclic) bond motifs is 1. The second kappa shape index (κ2) is 8.55. The fourth-order valence-corrected chi connectivity index (χ4v) is 3.91. The van der Waals surface area contributed by atoms with Gasteiger partial charge in [0.05, 0.1) is 11.6 Å². The van der Waals surface area contributed by atoms with Crippen LogP contribution in [0, 0.1) is 17.2 Å². The molecule has 4 rings (SSSR count). The van der Waals surface area contributed by atoms with E-state index >= 15 is 0 Å². The fraction of sp³-hybridized carbons (Fsp3) is 0.364. The summed E-state index contributed by atoms with van der Waals surface area (Å²) in [7, 11) is 0. The van der Waals surface area contributed by atoms with E-state index in [-0.39, 0.29) is 18.1 Å². The van der Waals surface area contributed by atoms with E-state index in [0.29, 0.717) is 11.9 Å². The Morgan fingerprint density at radius 3 is 2.81 bits per heavy atom. The summed E-state index contributed by atoms with van der Waals surface area (Å²) < 4.78 is 12.5. The van der Waals surface area contributed by atoms with Crippen LogP contribution in [0.25, 0.3) is 5.52 Å². The van der Waals surface area contributed by atoms with Crippen molar-refractivity contribution in [3.05, 3.63) is 60.0 Å². The number of aromatic nitrogens is 3. The van der Waals surface area contributed by atoms with Gasteiger partial charge in [-0.25, -0.2) is 9.50 Å². The van der Waals surface area contributed by atoms with Crippen molar-refractivity contribution >= 4 is 17.3 Å². The summed E-state index contributed by atoms with van der Waals surface area (Å²) in [6, 6.07) is 14.6. The summed E-state index contributed by atoms with van der Waals surface area (Å²) in [5, 5.41) is 35.3. The number of anilines is 1. The van der Waals surface area contributed by atoms with Crippen LogP contribution >= 0.6 is 0 Å². The van der Waals surface area contributed by atoms with E-state index in [1.54, 1.807) is 13.0 Å². The average molecular weight is 437 g/mol. The molecule has 1 aliphatic heterocycles. The molecule has 1 saturated heterocycles. The van der Waals surface area contributed by atoms with Crippen molar-refractivity contribution in [1.82, 2.24) is 14.6 Å². The molecule has 0 spiro atoms. The number of nitriles is 1. The van der Waals surface area contributed by atoms with Crippen molar-refractivity contribution < 1.29 is 24.5 Å². The van der Waals surface area contributed by atoms with Crippen molar-refractivity contribution in [3.8, 4) is 6.07 Å². The third-order valence-corrected chi connectivity index (χ3v) is 5.66. The molecule has 0 radical (unpaired) electrons. The highest BCUT2D eigenvalue weighted by Gasteiger charge is 2.57. The Bertz CT molecular complexity index is 1160. The number of aliphatic hydroxyl groups is 2. The third-order valence-electron chi connectivity index (χ3n) is 5.66. The van der Waals surface area contributed by atoms with Crippen molar-refractivity contribution in [3.63, 3.8) is 0 Å². The van der Waals surface area contributed by atoms with Crippen LogP contribution in [0.2, 0.25) is 0 Å². The maximum Gasteiger partial charge on any atom is 0.309 e.